The molecule has 0 unspecified atom stereocenters. The van der Waals surface area contributed by atoms with E-state index in [4.69, 9.17) is 9.47 Å². The molecule has 2 atom stereocenters. The molecule has 0 amide bonds. The van der Waals surface area contributed by atoms with E-state index in [0.717, 1.165) is 11.1 Å². The third kappa shape index (κ3) is 3.77. The number of ketones is 1. The first-order valence-corrected chi connectivity index (χ1v) is 8.83. The molecule has 1 fully saturated rings. The highest BCUT2D eigenvalue weighted by Crippen LogP contribution is 2.42. The number of nitro groups is 1. The second-order valence-electron chi connectivity index (χ2n) is 6.46. The lowest BCUT2D eigenvalue weighted by Crippen LogP contribution is -2.11. The summed E-state index contributed by atoms with van der Waals surface area (Å²) in [6.07, 6.45) is -1.00. The fraction of sp³-hybridized carbons (Fsp3) is 0.136. The summed E-state index contributed by atoms with van der Waals surface area (Å²) in [4.78, 5) is 23.6. The fourth-order valence-electron chi connectivity index (χ4n) is 3.05. The highest BCUT2D eigenvalue weighted by atomic mass is 16.6. The molecule has 0 radical (unpaired) electrons. The van der Waals surface area contributed by atoms with Crippen LogP contribution >= 0.6 is 0 Å². The SMILES string of the molecule is O=C(c1cc([N+](=O)[O-])ccc1OCc1ccccc1)[C@H]1O[C@H]1c1ccccc1. The molecule has 1 aliphatic rings. The van der Waals surface area contributed by atoms with Crippen molar-refractivity contribution in [2.75, 3.05) is 0 Å². The van der Waals surface area contributed by atoms with Crippen LogP contribution in [-0.4, -0.2) is 16.8 Å². The Kier molecular flexibility index (Phi) is 4.87. The van der Waals surface area contributed by atoms with Crippen LogP contribution in [0.25, 0.3) is 0 Å². The van der Waals surface area contributed by atoms with E-state index in [9.17, 15) is 14.9 Å². The second kappa shape index (κ2) is 7.62. The van der Waals surface area contributed by atoms with Gasteiger partial charge in [0.15, 0.2) is 11.9 Å². The van der Waals surface area contributed by atoms with Crippen LogP contribution in [-0.2, 0) is 11.3 Å². The van der Waals surface area contributed by atoms with Crippen LogP contribution in [0.5, 0.6) is 5.75 Å². The number of carbonyl (C=O) groups excluding carboxylic acids is 1. The van der Waals surface area contributed by atoms with Gasteiger partial charge in [0.2, 0.25) is 0 Å². The molecule has 28 heavy (non-hydrogen) atoms. The maximum atomic E-state index is 13.0. The number of non-ortho nitro benzene ring substituents is 1. The van der Waals surface area contributed by atoms with Gasteiger partial charge in [-0.3, -0.25) is 14.9 Å². The van der Waals surface area contributed by atoms with Gasteiger partial charge >= 0.3 is 0 Å². The van der Waals surface area contributed by atoms with E-state index in [1.165, 1.54) is 18.2 Å². The van der Waals surface area contributed by atoms with Crippen molar-refractivity contribution in [1.29, 1.82) is 0 Å². The summed E-state index contributed by atoms with van der Waals surface area (Å²) in [5.41, 5.74) is 1.84. The Hall–Kier alpha value is -3.51. The molecule has 6 nitrogen and oxygen atoms in total. The highest BCUT2D eigenvalue weighted by molar-refractivity contribution is 6.04. The topological polar surface area (TPSA) is 82.0 Å². The van der Waals surface area contributed by atoms with Gasteiger partial charge in [-0.2, -0.15) is 0 Å². The van der Waals surface area contributed by atoms with Gasteiger partial charge in [0.25, 0.3) is 5.69 Å². The minimum Gasteiger partial charge on any atom is -0.488 e. The molecule has 4 rings (SSSR count). The zero-order valence-corrected chi connectivity index (χ0v) is 14.9. The van der Waals surface area contributed by atoms with Gasteiger partial charge < -0.3 is 9.47 Å². The summed E-state index contributed by atoms with van der Waals surface area (Å²) >= 11 is 0. The van der Waals surface area contributed by atoms with Crippen molar-refractivity contribution >= 4 is 11.5 Å². The van der Waals surface area contributed by atoms with Crippen LogP contribution in [0, 0.1) is 10.1 Å². The van der Waals surface area contributed by atoms with Crippen LogP contribution in [0.2, 0.25) is 0 Å². The lowest BCUT2D eigenvalue weighted by molar-refractivity contribution is -0.384. The molecule has 0 bridgehead atoms. The van der Waals surface area contributed by atoms with Crippen molar-refractivity contribution in [1.82, 2.24) is 0 Å². The Morgan fingerprint density at radius 1 is 1.00 bits per heavy atom. The second-order valence-corrected chi connectivity index (χ2v) is 6.46. The van der Waals surface area contributed by atoms with E-state index >= 15 is 0 Å². The summed E-state index contributed by atoms with van der Waals surface area (Å²) in [6, 6.07) is 23.0. The predicted octanol–water partition coefficient (Wildman–Crippen LogP) is 4.50. The Bertz CT molecular complexity index is 1000. The number of benzene rings is 3. The molecule has 140 valence electrons. The van der Waals surface area contributed by atoms with Crippen molar-refractivity contribution in [2.24, 2.45) is 0 Å². The van der Waals surface area contributed by atoms with Crippen molar-refractivity contribution in [2.45, 2.75) is 18.8 Å². The standard InChI is InChI=1S/C22H17NO5/c24-20(22-21(28-22)16-9-5-2-6-10-16)18-13-17(23(25)26)11-12-19(18)27-14-15-7-3-1-4-8-15/h1-13,21-22H,14H2/t21-,22+/m0/s1. The van der Waals surface area contributed by atoms with Gasteiger partial charge in [0.1, 0.15) is 18.5 Å². The van der Waals surface area contributed by atoms with Crippen LogP contribution in [0.4, 0.5) is 5.69 Å². The van der Waals surface area contributed by atoms with E-state index in [-0.39, 0.29) is 29.7 Å². The molecule has 0 N–H and O–H groups in total. The molecule has 6 heteroatoms. The number of hydrogen-bond donors (Lipinski definition) is 0. The lowest BCUT2D eigenvalue weighted by atomic mass is 10.0. The van der Waals surface area contributed by atoms with Crippen molar-refractivity contribution in [3.63, 3.8) is 0 Å². The number of Topliss-reactive ketones (excluding diaryl/α,β-unsaturated/α-hetero) is 1. The van der Waals surface area contributed by atoms with Crippen molar-refractivity contribution in [3.8, 4) is 5.75 Å². The number of ether oxygens (including phenoxy) is 2. The number of hydrogen-bond acceptors (Lipinski definition) is 5. The molecule has 0 saturated carbocycles. The van der Waals surface area contributed by atoms with E-state index in [2.05, 4.69) is 0 Å². The monoisotopic (exact) mass is 375 g/mol. The number of epoxide rings is 1. The Labute approximate surface area is 161 Å². The van der Waals surface area contributed by atoms with Gasteiger partial charge in [-0.15, -0.1) is 0 Å². The molecular formula is C22H17NO5. The molecule has 0 spiro atoms. The lowest BCUT2D eigenvalue weighted by Gasteiger charge is -2.10. The van der Waals surface area contributed by atoms with Crippen molar-refractivity contribution in [3.05, 3.63) is 106 Å². The van der Waals surface area contributed by atoms with Crippen LogP contribution in [0.3, 0.4) is 0 Å². The Morgan fingerprint density at radius 3 is 2.36 bits per heavy atom. The molecule has 0 aromatic heterocycles. The van der Waals surface area contributed by atoms with Gasteiger partial charge in [-0.25, -0.2) is 0 Å². The smallest absolute Gasteiger partial charge is 0.270 e. The summed E-state index contributed by atoms with van der Waals surface area (Å²) in [5.74, 6) is -0.0117. The molecule has 3 aromatic rings. The summed E-state index contributed by atoms with van der Waals surface area (Å²) < 4.78 is 11.4. The Balaban J connectivity index is 1.58. The number of rotatable bonds is 7. The third-order valence-electron chi connectivity index (χ3n) is 4.55. The molecule has 0 aliphatic carbocycles. The minimum atomic E-state index is -0.663. The maximum absolute atomic E-state index is 13.0. The van der Waals surface area contributed by atoms with Crippen molar-refractivity contribution < 1.29 is 19.2 Å². The minimum absolute atomic E-state index is 0.160. The number of carbonyl (C=O) groups is 1. The maximum Gasteiger partial charge on any atom is 0.270 e. The van der Waals surface area contributed by atoms with E-state index in [1.54, 1.807) is 0 Å². The highest BCUT2D eigenvalue weighted by Gasteiger charge is 2.47. The largest absolute Gasteiger partial charge is 0.488 e. The summed E-state index contributed by atoms with van der Waals surface area (Å²) in [5, 5.41) is 11.2. The zero-order valence-electron chi connectivity index (χ0n) is 14.9. The average Bonchev–Trinajstić information content (AvgIpc) is 3.54. The number of nitrogens with zero attached hydrogens (tertiary/aromatic N) is 1. The van der Waals surface area contributed by atoms with Crippen LogP contribution in [0.15, 0.2) is 78.9 Å². The quantitative estimate of drug-likeness (QED) is 0.263. The predicted molar refractivity (Wildman–Crippen MR) is 102 cm³/mol. The molecule has 3 aromatic carbocycles. The molecule has 1 heterocycles. The third-order valence-corrected chi connectivity index (χ3v) is 4.55. The first-order chi connectivity index (χ1) is 13.6. The van der Waals surface area contributed by atoms with Gasteiger partial charge in [-0.1, -0.05) is 60.7 Å². The normalized spacial score (nSPS) is 17.7. The first-order valence-electron chi connectivity index (χ1n) is 8.83. The average molecular weight is 375 g/mol. The van der Waals surface area contributed by atoms with Gasteiger partial charge in [-0.05, 0) is 17.2 Å². The van der Waals surface area contributed by atoms with Gasteiger partial charge in [0.05, 0.1) is 10.5 Å². The molecule has 1 aliphatic heterocycles. The number of nitro benzene ring substituents is 1. The molecular weight excluding hydrogens is 358 g/mol. The van der Waals surface area contributed by atoms with E-state index in [0.29, 0.717) is 5.75 Å². The fourth-order valence-corrected chi connectivity index (χ4v) is 3.05. The first kappa shape index (κ1) is 17.9. The van der Waals surface area contributed by atoms with E-state index < -0.39 is 11.0 Å². The molecule has 1 saturated heterocycles. The van der Waals surface area contributed by atoms with E-state index in [1.807, 2.05) is 60.7 Å². The Morgan fingerprint density at radius 2 is 1.68 bits per heavy atom. The van der Waals surface area contributed by atoms with Crippen LogP contribution < -0.4 is 4.74 Å². The summed E-state index contributed by atoms with van der Waals surface area (Å²) in [7, 11) is 0. The summed E-state index contributed by atoms with van der Waals surface area (Å²) in [6.45, 7) is 0.257. The zero-order chi connectivity index (χ0) is 19.5. The van der Waals surface area contributed by atoms with Gasteiger partial charge in [0, 0.05) is 12.1 Å². The van der Waals surface area contributed by atoms with Crippen LogP contribution in [0.1, 0.15) is 27.6 Å².